The minimum atomic E-state index is -3.81. The highest BCUT2D eigenvalue weighted by Gasteiger charge is 2.27. The maximum atomic E-state index is 12.5. The van der Waals surface area contributed by atoms with Gasteiger partial charge in [-0.15, -0.1) is 0 Å². The number of hydrogen-bond donors (Lipinski definition) is 1. The molecule has 1 rings (SSSR count). The van der Waals surface area contributed by atoms with Gasteiger partial charge in [-0.05, 0) is 18.9 Å². The first-order valence-corrected chi connectivity index (χ1v) is 7.82. The van der Waals surface area contributed by atoms with Crippen molar-refractivity contribution in [2.45, 2.75) is 31.6 Å². The lowest BCUT2D eigenvalue weighted by atomic mass is 10.3. The number of sulfonamides is 1. The smallest absolute Gasteiger partial charge is 0.270 e. The fourth-order valence-corrected chi connectivity index (χ4v) is 3.61. The van der Waals surface area contributed by atoms with Crippen molar-refractivity contribution in [2.75, 3.05) is 18.8 Å². The van der Waals surface area contributed by atoms with Crippen molar-refractivity contribution in [3.63, 3.8) is 0 Å². The predicted octanol–water partition coefficient (Wildman–Crippen LogP) is 1.99. The van der Waals surface area contributed by atoms with E-state index in [1.807, 2.05) is 13.8 Å². The van der Waals surface area contributed by atoms with Crippen LogP contribution in [0.1, 0.15) is 26.7 Å². The minimum absolute atomic E-state index is 0.0211. The number of nitro groups is 1. The molecule has 0 aromatic heterocycles. The van der Waals surface area contributed by atoms with Gasteiger partial charge in [-0.1, -0.05) is 13.8 Å². The standard InChI is InChI=1S/C12H19N3O4S/c1-3-7-14(8-4-2)20(18,19)12-9-10(15(16)17)5-6-11(12)13/h5-6,9H,3-4,7-8,13H2,1-2H3. The maximum absolute atomic E-state index is 12.5. The number of hydrogen-bond acceptors (Lipinski definition) is 5. The van der Waals surface area contributed by atoms with E-state index >= 15 is 0 Å². The molecule has 0 amide bonds. The quantitative estimate of drug-likeness (QED) is 0.471. The number of non-ortho nitro benzene ring substituents is 1. The van der Waals surface area contributed by atoms with Crippen LogP contribution in [0.25, 0.3) is 0 Å². The average molecular weight is 301 g/mol. The van der Waals surface area contributed by atoms with E-state index in [-0.39, 0.29) is 16.3 Å². The van der Waals surface area contributed by atoms with Crippen LogP contribution in [0.2, 0.25) is 0 Å². The largest absolute Gasteiger partial charge is 0.398 e. The Balaban J connectivity index is 3.32. The Morgan fingerprint density at radius 2 is 1.80 bits per heavy atom. The summed E-state index contributed by atoms with van der Waals surface area (Å²) in [6.07, 6.45) is 1.32. The fraction of sp³-hybridized carbons (Fsp3) is 0.500. The molecule has 0 unspecified atom stereocenters. The SMILES string of the molecule is CCCN(CCC)S(=O)(=O)c1cc([N+](=O)[O-])ccc1N. The third-order valence-corrected chi connectivity index (χ3v) is 4.73. The van der Waals surface area contributed by atoms with Gasteiger partial charge in [-0.25, -0.2) is 8.42 Å². The summed E-state index contributed by atoms with van der Waals surface area (Å²) in [6, 6.07) is 3.46. The minimum Gasteiger partial charge on any atom is -0.398 e. The van der Waals surface area contributed by atoms with Gasteiger partial charge in [0.25, 0.3) is 5.69 Å². The van der Waals surface area contributed by atoms with Gasteiger partial charge < -0.3 is 5.73 Å². The molecule has 0 bridgehead atoms. The Labute approximate surface area is 118 Å². The molecule has 0 aliphatic rings. The van der Waals surface area contributed by atoms with Gasteiger partial charge >= 0.3 is 0 Å². The summed E-state index contributed by atoms with van der Waals surface area (Å²) in [5.41, 5.74) is 5.41. The molecule has 7 nitrogen and oxygen atoms in total. The maximum Gasteiger partial charge on any atom is 0.270 e. The van der Waals surface area contributed by atoms with E-state index in [4.69, 9.17) is 5.73 Å². The topological polar surface area (TPSA) is 107 Å². The molecule has 0 aliphatic heterocycles. The second-order valence-electron chi connectivity index (χ2n) is 4.38. The summed E-state index contributed by atoms with van der Waals surface area (Å²) in [5.74, 6) is 0. The molecule has 0 saturated heterocycles. The van der Waals surface area contributed by atoms with Crippen molar-refractivity contribution in [3.05, 3.63) is 28.3 Å². The third-order valence-electron chi connectivity index (χ3n) is 2.77. The molecule has 2 N–H and O–H groups in total. The molecule has 0 spiro atoms. The number of anilines is 1. The van der Waals surface area contributed by atoms with Crippen LogP contribution < -0.4 is 5.73 Å². The van der Waals surface area contributed by atoms with Crippen molar-refractivity contribution < 1.29 is 13.3 Å². The molecule has 112 valence electrons. The Morgan fingerprint density at radius 3 is 2.25 bits per heavy atom. The number of nitrogens with two attached hydrogens (primary N) is 1. The highest BCUT2D eigenvalue weighted by molar-refractivity contribution is 7.89. The lowest BCUT2D eigenvalue weighted by molar-refractivity contribution is -0.385. The van der Waals surface area contributed by atoms with Crippen molar-refractivity contribution in [3.8, 4) is 0 Å². The molecule has 0 saturated carbocycles. The second kappa shape index (κ2) is 6.67. The highest BCUT2D eigenvalue weighted by atomic mass is 32.2. The third kappa shape index (κ3) is 3.45. The van der Waals surface area contributed by atoms with Crippen LogP contribution in [0.3, 0.4) is 0 Å². The van der Waals surface area contributed by atoms with Crippen LogP contribution in [0.15, 0.2) is 23.1 Å². The van der Waals surface area contributed by atoms with E-state index in [9.17, 15) is 18.5 Å². The molecule has 0 atom stereocenters. The first kappa shape index (κ1) is 16.4. The van der Waals surface area contributed by atoms with Gasteiger partial charge in [-0.3, -0.25) is 10.1 Å². The van der Waals surface area contributed by atoms with Crippen LogP contribution in [-0.4, -0.2) is 30.7 Å². The molecule has 0 radical (unpaired) electrons. The molecule has 1 aromatic carbocycles. The van der Waals surface area contributed by atoms with Crippen molar-refractivity contribution in [1.82, 2.24) is 4.31 Å². The lowest BCUT2D eigenvalue weighted by Crippen LogP contribution is -2.33. The van der Waals surface area contributed by atoms with Gasteiger partial charge in [0.05, 0.1) is 10.6 Å². The zero-order valence-corrected chi connectivity index (χ0v) is 12.4. The Bertz CT molecular complexity index is 580. The van der Waals surface area contributed by atoms with E-state index < -0.39 is 14.9 Å². The molecule has 8 heteroatoms. The Kier molecular flexibility index (Phi) is 5.46. The number of nitrogens with zero attached hydrogens (tertiary/aromatic N) is 2. The van der Waals surface area contributed by atoms with Gasteiger partial charge in [0.1, 0.15) is 4.90 Å². The summed E-state index contributed by atoms with van der Waals surface area (Å²) < 4.78 is 26.4. The van der Waals surface area contributed by atoms with Crippen LogP contribution >= 0.6 is 0 Å². The zero-order chi connectivity index (χ0) is 15.3. The second-order valence-corrected chi connectivity index (χ2v) is 6.29. The summed E-state index contributed by atoms with van der Waals surface area (Å²) in [5, 5.41) is 10.8. The molecule has 0 fully saturated rings. The van der Waals surface area contributed by atoms with E-state index in [1.165, 1.54) is 16.4 Å². The van der Waals surface area contributed by atoms with Crippen LogP contribution in [0, 0.1) is 10.1 Å². The molecule has 0 heterocycles. The summed E-state index contributed by atoms with van der Waals surface area (Å²) >= 11 is 0. The lowest BCUT2D eigenvalue weighted by Gasteiger charge is -2.21. The number of rotatable bonds is 7. The molecule has 1 aromatic rings. The van der Waals surface area contributed by atoms with E-state index in [2.05, 4.69) is 0 Å². The van der Waals surface area contributed by atoms with Gasteiger partial charge in [-0.2, -0.15) is 4.31 Å². The van der Waals surface area contributed by atoms with Crippen molar-refractivity contribution in [1.29, 1.82) is 0 Å². The zero-order valence-electron chi connectivity index (χ0n) is 11.6. The molecular formula is C12H19N3O4S. The van der Waals surface area contributed by atoms with Crippen molar-refractivity contribution in [2.24, 2.45) is 0 Å². The summed E-state index contributed by atoms with van der Waals surface area (Å²) in [4.78, 5) is 9.93. The predicted molar refractivity (Wildman–Crippen MR) is 76.8 cm³/mol. The number of nitrogen functional groups attached to an aromatic ring is 1. The number of benzene rings is 1. The van der Waals surface area contributed by atoms with E-state index in [1.54, 1.807) is 0 Å². The normalized spacial score (nSPS) is 11.8. The Hall–Kier alpha value is -1.67. The molecule has 20 heavy (non-hydrogen) atoms. The monoisotopic (exact) mass is 301 g/mol. The fourth-order valence-electron chi connectivity index (χ4n) is 1.85. The highest BCUT2D eigenvalue weighted by Crippen LogP contribution is 2.27. The summed E-state index contributed by atoms with van der Waals surface area (Å²) in [7, 11) is -3.81. The van der Waals surface area contributed by atoms with Crippen LogP contribution in [0.4, 0.5) is 11.4 Å². The molecule has 0 aliphatic carbocycles. The van der Waals surface area contributed by atoms with E-state index in [0.29, 0.717) is 25.9 Å². The Morgan fingerprint density at radius 1 is 1.25 bits per heavy atom. The van der Waals surface area contributed by atoms with Crippen molar-refractivity contribution >= 4 is 21.4 Å². The first-order chi connectivity index (χ1) is 9.34. The summed E-state index contributed by atoms with van der Waals surface area (Å²) in [6.45, 7) is 4.46. The first-order valence-electron chi connectivity index (χ1n) is 6.38. The van der Waals surface area contributed by atoms with Gasteiger partial charge in [0.2, 0.25) is 10.0 Å². The number of nitro benzene ring substituents is 1. The van der Waals surface area contributed by atoms with E-state index in [0.717, 1.165) is 6.07 Å². The van der Waals surface area contributed by atoms with Crippen LogP contribution in [0.5, 0.6) is 0 Å². The van der Waals surface area contributed by atoms with Gasteiger partial charge in [0.15, 0.2) is 0 Å². The average Bonchev–Trinajstić information content (AvgIpc) is 2.38. The van der Waals surface area contributed by atoms with Crippen LogP contribution in [-0.2, 0) is 10.0 Å². The molecular weight excluding hydrogens is 282 g/mol. The van der Waals surface area contributed by atoms with Gasteiger partial charge in [0, 0.05) is 25.2 Å².